The highest BCUT2D eigenvalue weighted by Gasteiger charge is 2.22. The number of benzene rings is 10. The van der Waals surface area contributed by atoms with Crippen molar-refractivity contribution in [1.82, 2.24) is 24.1 Å². The molecule has 0 aliphatic carbocycles. The first-order valence-electron chi connectivity index (χ1n) is 21.0. The minimum Gasteiger partial charge on any atom is -0.309 e. The Kier molecular flexibility index (Phi) is 7.54. The summed E-state index contributed by atoms with van der Waals surface area (Å²) in [5, 5.41) is 12.3. The zero-order valence-electron chi connectivity index (χ0n) is 33.4. The Morgan fingerprint density at radius 3 is 1.34 bits per heavy atom. The predicted molar refractivity (Wildman–Crippen MR) is 257 cm³/mol. The zero-order chi connectivity index (χ0) is 40.7. The number of hydrogen-bond donors (Lipinski definition) is 0. The van der Waals surface area contributed by atoms with Gasteiger partial charge in [0.1, 0.15) is 0 Å². The molecule has 0 aliphatic rings. The fourth-order valence-corrected chi connectivity index (χ4v) is 9.83. The maximum absolute atomic E-state index is 5.22. The van der Waals surface area contributed by atoms with Gasteiger partial charge in [-0.2, -0.15) is 9.97 Å². The van der Waals surface area contributed by atoms with E-state index in [0.29, 0.717) is 17.6 Å². The van der Waals surface area contributed by atoms with E-state index in [4.69, 9.17) is 15.0 Å². The van der Waals surface area contributed by atoms with Gasteiger partial charge in [0.05, 0.1) is 22.1 Å². The summed E-state index contributed by atoms with van der Waals surface area (Å²) in [6.45, 7) is 0. The van der Waals surface area contributed by atoms with Crippen LogP contribution >= 0.6 is 0 Å². The molecule has 0 N–H and O–H groups in total. The van der Waals surface area contributed by atoms with Gasteiger partial charge in [0.25, 0.3) is 0 Å². The molecule has 0 atom stereocenters. The fraction of sp³-hybridized carbons (Fsp3) is 0. The first kappa shape index (κ1) is 34.5. The van der Waals surface area contributed by atoms with Crippen LogP contribution in [0, 0.1) is 0 Å². The molecular formula is C57H35N5. The summed E-state index contributed by atoms with van der Waals surface area (Å²) in [6.07, 6.45) is 0. The SMILES string of the molecule is c1ccc(-c2nc(-c3ccccc3)nc(-n3c4ccccc4c4cc5c6ccccc6n(-c6cccc(-c7cccc8c9ccccc9c9ccccc9c78)c6)c5cc43)n2)cc1. The second-order valence-electron chi connectivity index (χ2n) is 16.0. The Hall–Kier alpha value is -8.41. The smallest absolute Gasteiger partial charge is 0.238 e. The summed E-state index contributed by atoms with van der Waals surface area (Å²) in [5.41, 5.74) is 9.66. The van der Waals surface area contributed by atoms with Crippen LogP contribution in [-0.2, 0) is 0 Å². The molecular weight excluding hydrogens is 755 g/mol. The van der Waals surface area contributed by atoms with Crippen molar-refractivity contribution in [2.75, 3.05) is 0 Å². The minimum absolute atomic E-state index is 0.573. The van der Waals surface area contributed by atoms with E-state index >= 15 is 0 Å². The van der Waals surface area contributed by atoms with Crippen molar-refractivity contribution in [3.63, 3.8) is 0 Å². The van der Waals surface area contributed by atoms with Gasteiger partial charge in [0.15, 0.2) is 11.6 Å². The molecule has 0 spiro atoms. The summed E-state index contributed by atoms with van der Waals surface area (Å²) >= 11 is 0. The van der Waals surface area contributed by atoms with E-state index in [2.05, 4.69) is 185 Å². The molecule has 0 amide bonds. The van der Waals surface area contributed by atoms with E-state index in [1.807, 2.05) is 36.4 Å². The number of rotatable bonds is 5. The van der Waals surface area contributed by atoms with Crippen molar-refractivity contribution in [3.05, 3.63) is 212 Å². The van der Waals surface area contributed by atoms with Crippen molar-refractivity contribution < 1.29 is 0 Å². The molecule has 0 bridgehead atoms. The van der Waals surface area contributed by atoms with Crippen LogP contribution in [0.25, 0.3) is 121 Å². The highest BCUT2D eigenvalue weighted by molar-refractivity contribution is 6.28. The van der Waals surface area contributed by atoms with Gasteiger partial charge >= 0.3 is 0 Å². The van der Waals surface area contributed by atoms with E-state index in [-0.39, 0.29) is 0 Å². The molecule has 0 saturated carbocycles. The Morgan fingerprint density at radius 1 is 0.274 bits per heavy atom. The van der Waals surface area contributed by atoms with Crippen LogP contribution in [0.2, 0.25) is 0 Å². The third kappa shape index (κ3) is 5.18. The van der Waals surface area contributed by atoms with Crippen molar-refractivity contribution in [2.24, 2.45) is 0 Å². The number of para-hydroxylation sites is 2. The summed E-state index contributed by atoms with van der Waals surface area (Å²) in [5.74, 6) is 1.83. The Balaban J connectivity index is 1.08. The molecule has 0 fully saturated rings. The number of fused-ring (bicyclic) bond motifs is 12. The summed E-state index contributed by atoms with van der Waals surface area (Å²) < 4.78 is 4.64. The first-order valence-corrected chi connectivity index (χ1v) is 21.0. The van der Waals surface area contributed by atoms with Gasteiger partial charge in [-0.3, -0.25) is 4.57 Å². The fourth-order valence-electron chi connectivity index (χ4n) is 9.83. The van der Waals surface area contributed by atoms with Gasteiger partial charge in [0, 0.05) is 38.4 Å². The van der Waals surface area contributed by atoms with Crippen LogP contribution in [0.1, 0.15) is 0 Å². The van der Waals surface area contributed by atoms with Gasteiger partial charge in [0.2, 0.25) is 5.95 Å². The standard InChI is InChI=1S/C57H35N5/c1-3-17-36(18-4-1)55-58-56(37-19-5-2-6-20-37)60-57(59-55)62-51-32-14-12-27-45(51)49-34-48-44-26-11-13-31-50(44)61(52(48)35-53(49)62)39-22-15-21-38(33-39)40-29-16-30-47-43-24-8-7-23-41(43)42-25-9-10-28-46(42)54(40)47/h1-35H. The van der Waals surface area contributed by atoms with Crippen molar-refractivity contribution in [2.45, 2.75) is 0 Å². The molecule has 3 aromatic heterocycles. The van der Waals surface area contributed by atoms with Crippen LogP contribution < -0.4 is 0 Å². The molecule has 62 heavy (non-hydrogen) atoms. The lowest BCUT2D eigenvalue weighted by Gasteiger charge is -2.15. The predicted octanol–water partition coefficient (Wildman–Crippen LogP) is 14.5. The Morgan fingerprint density at radius 2 is 0.726 bits per heavy atom. The van der Waals surface area contributed by atoms with Crippen LogP contribution in [0.5, 0.6) is 0 Å². The van der Waals surface area contributed by atoms with Crippen LogP contribution in [0.3, 0.4) is 0 Å². The van der Waals surface area contributed by atoms with Gasteiger partial charge in [-0.1, -0.05) is 176 Å². The largest absolute Gasteiger partial charge is 0.309 e. The Labute approximate surface area is 356 Å². The molecule has 0 saturated heterocycles. The average molecular weight is 790 g/mol. The molecule has 0 aliphatic heterocycles. The summed E-state index contributed by atoms with van der Waals surface area (Å²) in [6, 6.07) is 75.8. The third-order valence-electron chi connectivity index (χ3n) is 12.5. The highest BCUT2D eigenvalue weighted by atomic mass is 15.2. The van der Waals surface area contributed by atoms with Crippen LogP contribution in [-0.4, -0.2) is 24.1 Å². The quantitative estimate of drug-likeness (QED) is 0.163. The second-order valence-corrected chi connectivity index (χ2v) is 16.0. The minimum atomic E-state index is 0.573. The molecule has 5 heteroatoms. The first-order chi connectivity index (χ1) is 30.8. The van der Waals surface area contributed by atoms with Crippen LogP contribution in [0.4, 0.5) is 0 Å². The van der Waals surface area contributed by atoms with Gasteiger partial charge in [-0.05, 0) is 79.8 Å². The van der Waals surface area contributed by atoms with Gasteiger partial charge in [-0.15, -0.1) is 0 Å². The highest BCUT2D eigenvalue weighted by Crippen LogP contribution is 2.43. The number of nitrogens with zero attached hydrogens (tertiary/aromatic N) is 5. The lowest BCUT2D eigenvalue weighted by Crippen LogP contribution is -2.06. The van der Waals surface area contributed by atoms with E-state index in [9.17, 15) is 0 Å². The maximum Gasteiger partial charge on any atom is 0.238 e. The molecule has 13 rings (SSSR count). The lowest BCUT2D eigenvalue weighted by atomic mass is 9.89. The van der Waals surface area contributed by atoms with Gasteiger partial charge < -0.3 is 4.57 Å². The van der Waals surface area contributed by atoms with Crippen molar-refractivity contribution in [1.29, 1.82) is 0 Å². The lowest BCUT2D eigenvalue weighted by molar-refractivity contribution is 0.953. The average Bonchev–Trinajstić information content (AvgIpc) is 3.85. The van der Waals surface area contributed by atoms with E-state index < -0.39 is 0 Å². The third-order valence-corrected chi connectivity index (χ3v) is 12.5. The van der Waals surface area contributed by atoms with E-state index in [1.54, 1.807) is 0 Å². The number of hydrogen-bond acceptors (Lipinski definition) is 3. The van der Waals surface area contributed by atoms with Crippen molar-refractivity contribution >= 4 is 75.9 Å². The van der Waals surface area contributed by atoms with Crippen molar-refractivity contribution in [3.8, 4) is 45.5 Å². The molecule has 3 heterocycles. The zero-order valence-corrected chi connectivity index (χ0v) is 33.4. The normalized spacial score (nSPS) is 11.9. The topological polar surface area (TPSA) is 48.5 Å². The second kappa shape index (κ2) is 13.6. The molecule has 0 radical (unpaired) electrons. The Bertz CT molecular complexity index is 3820. The van der Waals surface area contributed by atoms with E-state index in [1.165, 1.54) is 54.2 Å². The molecule has 10 aromatic carbocycles. The number of aromatic nitrogens is 5. The monoisotopic (exact) mass is 789 g/mol. The maximum atomic E-state index is 5.22. The molecule has 288 valence electrons. The summed E-state index contributed by atoms with van der Waals surface area (Å²) in [7, 11) is 0. The van der Waals surface area contributed by atoms with Gasteiger partial charge in [-0.25, -0.2) is 4.98 Å². The molecule has 0 unspecified atom stereocenters. The van der Waals surface area contributed by atoms with E-state index in [0.717, 1.165) is 49.7 Å². The summed E-state index contributed by atoms with van der Waals surface area (Å²) in [4.78, 5) is 15.5. The molecule has 5 nitrogen and oxygen atoms in total. The molecule has 13 aromatic rings. The van der Waals surface area contributed by atoms with Crippen LogP contribution in [0.15, 0.2) is 212 Å².